The Kier molecular flexibility index (Phi) is 5.03. The molecule has 0 amide bonds. The van der Waals surface area contributed by atoms with Crippen LogP contribution in [-0.4, -0.2) is 9.97 Å². The maximum atomic E-state index is 6.22. The van der Waals surface area contributed by atoms with E-state index in [9.17, 15) is 0 Å². The summed E-state index contributed by atoms with van der Waals surface area (Å²) < 4.78 is 1.07. The molecule has 1 fully saturated rings. The molecule has 0 aromatic carbocycles. The predicted octanol–water partition coefficient (Wildman–Crippen LogP) is 4.73. The Morgan fingerprint density at radius 3 is 2.65 bits per heavy atom. The second-order valence-corrected chi connectivity index (χ2v) is 6.15. The van der Waals surface area contributed by atoms with Gasteiger partial charge < -0.3 is 0 Å². The summed E-state index contributed by atoms with van der Waals surface area (Å²) in [4.78, 5) is 9.14. The number of rotatable bonds is 4. The van der Waals surface area contributed by atoms with Crippen LogP contribution in [0.15, 0.2) is 0 Å². The molecule has 0 radical (unpaired) electrons. The molecular formula is C13H18ClIN2. The molecule has 1 aromatic heterocycles. The molecule has 0 N–H and O–H groups in total. The van der Waals surface area contributed by atoms with Crippen molar-refractivity contribution in [2.24, 2.45) is 0 Å². The lowest BCUT2D eigenvalue weighted by molar-refractivity contribution is 0.667. The van der Waals surface area contributed by atoms with Crippen molar-refractivity contribution in [3.05, 3.63) is 20.2 Å². The highest BCUT2D eigenvalue weighted by Gasteiger charge is 2.23. The van der Waals surface area contributed by atoms with Gasteiger partial charge >= 0.3 is 0 Å². The minimum Gasteiger partial charge on any atom is -0.236 e. The normalized spacial score (nSPS) is 16.6. The van der Waals surface area contributed by atoms with Crippen LogP contribution in [0.2, 0.25) is 5.15 Å². The second-order valence-electron chi connectivity index (χ2n) is 4.71. The van der Waals surface area contributed by atoms with Crippen molar-refractivity contribution >= 4 is 34.2 Å². The van der Waals surface area contributed by atoms with Gasteiger partial charge in [0, 0.05) is 12.3 Å². The van der Waals surface area contributed by atoms with E-state index < -0.39 is 0 Å². The van der Waals surface area contributed by atoms with Gasteiger partial charge in [-0.2, -0.15) is 0 Å². The monoisotopic (exact) mass is 364 g/mol. The third-order valence-corrected chi connectivity index (χ3v) is 5.03. The van der Waals surface area contributed by atoms with E-state index in [0.29, 0.717) is 11.1 Å². The first-order chi connectivity index (χ1) is 8.22. The molecule has 0 spiro atoms. The molecule has 2 rings (SSSR count). The van der Waals surface area contributed by atoms with Crippen molar-refractivity contribution in [2.75, 3.05) is 0 Å². The molecule has 0 bridgehead atoms. The third-order valence-electron chi connectivity index (χ3n) is 3.38. The molecule has 0 aliphatic heterocycles. The third kappa shape index (κ3) is 3.31. The molecule has 0 unspecified atom stereocenters. The molecular weight excluding hydrogens is 347 g/mol. The van der Waals surface area contributed by atoms with Crippen molar-refractivity contribution in [1.29, 1.82) is 0 Å². The molecule has 1 aliphatic rings. The zero-order valence-electron chi connectivity index (χ0n) is 10.2. The van der Waals surface area contributed by atoms with E-state index in [1.54, 1.807) is 0 Å². The number of aromatic nitrogens is 2. The first-order valence-electron chi connectivity index (χ1n) is 6.44. The number of hydrogen-bond acceptors (Lipinski definition) is 2. The van der Waals surface area contributed by atoms with Gasteiger partial charge in [0.15, 0.2) is 0 Å². The first-order valence-corrected chi connectivity index (χ1v) is 7.89. The van der Waals surface area contributed by atoms with E-state index in [4.69, 9.17) is 16.6 Å². The summed E-state index contributed by atoms with van der Waals surface area (Å²) in [6.45, 7) is 2.19. The second kappa shape index (κ2) is 6.32. The summed E-state index contributed by atoms with van der Waals surface area (Å²) in [6.07, 6.45) is 8.44. The van der Waals surface area contributed by atoms with Crippen molar-refractivity contribution in [3.63, 3.8) is 0 Å². The predicted molar refractivity (Wildman–Crippen MR) is 79.6 cm³/mol. The van der Waals surface area contributed by atoms with Gasteiger partial charge in [-0.3, -0.25) is 0 Å². The van der Waals surface area contributed by atoms with Crippen LogP contribution in [-0.2, 0) is 6.42 Å². The summed E-state index contributed by atoms with van der Waals surface area (Å²) in [5.74, 6) is 1.54. The minimum absolute atomic E-state index is 0.614. The fraction of sp³-hybridized carbons (Fsp3) is 0.692. The van der Waals surface area contributed by atoms with Gasteiger partial charge in [-0.25, -0.2) is 9.97 Å². The Hall–Kier alpha value is 0.1000. The molecule has 4 heteroatoms. The summed E-state index contributed by atoms with van der Waals surface area (Å²) >= 11 is 8.51. The summed E-state index contributed by atoms with van der Waals surface area (Å²) in [6, 6.07) is 0. The molecule has 1 saturated carbocycles. The lowest BCUT2D eigenvalue weighted by atomic mass is 10.0. The Morgan fingerprint density at radius 2 is 2.00 bits per heavy atom. The largest absolute Gasteiger partial charge is 0.236 e. The van der Waals surface area contributed by atoms with Gasteiger partial charge in [0.05, 0.1) is 9.26 Å². The highest BCUT2D eigenvalue weighted by atomic mass is 127. The highest BCUT2D eigenvalue weighted by molar-refractivity contribution is 14.1. The van der Waals surface area contributed by atoms with Gasteiger partial charge in [0.2, 0.25) is 0 Å². The summed E-state index contributed by atoms with van der Waals surface area (Å²) in [5, 5.41) is 0.647. The Morgan fingerprint density at radius 1 is 1.29 bits per heavy atom. The standard InChI is InChI=1S/C13H18ClIN2/c1-2-3-8-10-16-12(9-6-4-5-7-9)11(15)13(14)17-10/h9H,2-8H2,1H3. The van der Waals surface area contributed by atoms with Crippen molar-refractivity contribution in [1.82, 2.24) is 9.97 Å². The molecule has 17 heavy (non-hydrogen) atoms. The molecule has 1 aliphatic carbocycles. The zero-order chi connectivity index (χ0) is 12.3. The van der Waals surface area contributed by atoms with Crippen LogP contribution < -0.4 is 0 Å². The lowest BCUT2D eigenvalue weighted by Crippen LogP contribution is -2.07. The lowest BCUT2D eigenvalue weighted by Gasteiger charge is -2.13. The maximum absolute atomic E-state index is 6.22. The van der Waals surface area contributed by atoms with Crippen LogP contribution in [0.5, 0.6) is 0 Å². The van der Waals surface area contributed by atoms with Crippen molar-refractivity contribution in [2.45, 2.75) is 57.8 Å². The summed E-state index contributed by atoms with van der Waals surface area (Å²) in [5.41, 5.74) is 1.20. The highest BCUT2D eigenvalue weighted by Crippen LogP contribution is 2.36. The van der Waals surface area contributed by atoms with Crippen molar-refractivity contribution < 1.29 is 0 Å². The number of aryl methyl sites for hydroxylation is 1. The smallest absolute Gasteiger partial charge is 0.146 e. The van der Waals surface area contributed by atoms with E-state index >= 15 is 0 Å². The van der Waals surface area contributed by atoms with E-state index in [2.05, 4.69) is 34.5 Å². The quantitative estimate of drug-likeness (QED) is 0.570. The van der Waals surface area contributed by atoms with Gasteiger partial charge in [0.25, 0.3) is 0 Å². The molecule has 0 saturated heterocycles. The van der Waals surface area contributed by atoms with E-state index in [-0.39, 0.29) is 0 Å². The van der Waals surface area contributed by atoms with Crippen molar-refractivity contribution in [3.8, 4) is 0 Å². The Bertz CT molecular complexity index is 389. The fourth-order valence-electron chi connectivity index (χ4n) is 2.40. The van der Waals surface area contributed by atoms with Crippen LogP contribution in [0.3, 0.4) is 0 Å². The molecule has 1 aromatic rings. The van der Waals surface area contributed by atoms with E-state index in [1.807, 2.05) is 0 Å². The van der Waals surface area contributed by atoms with Gasteiger partial charge in [-0.1, -0.05) is 37.8 Å². The summed E-state index contributed by atoms with van der Waals surface area (Å²) in [7, 11) is 0. The minimum atomic E-state index is 0.614. The average molecular weight is 365 g/mol. The molecule has 0 atom stereocenters. The van der Waals surface area contributed by atoms with Gasteiger partial charge in [-0.05, 0) is 41.9 Å². The number of hydrogen-bond donors (Lipinski definition) is 0. The van der Waals surface area contributed by atoms with Crippen LogP contribution >= 0.6 is 34.2 Å². The van der Waals surface area contributed by atoms with Crippen LogP contribution in [0.25, 0.3) is 0 Å². The first kappa shape index (κ1) is 13.5. The fourth-order valence-corrected chi connectivity index (χ4v) is 3.27. The average Bonchev–Trinajstić information content (AvgIpc) is 2.84. The number of halogens is 2. The molecule has 1 heterocycles. The topological polar surface area (TPSA) is 25.8 Å². The van der Waals surface area contributed by atoms with Crippen LogP contribution in [0.4, 0.5) is 0 Å². The van der Waals surface area contributed by atoms with Gasteiger partial charge in [0.1, 0.15) is 11.0 Å². The number of nitrogens with zero attached hydrogens (tertiary/aromatic N) is 2. The van der Waals surface area contributed by atoms with Crippen LogP contribution in [0, 0.1) is 3.57 Å². The Labute approximate surface area is 122 Å². The van der Waals surface area contributed by atoms with E-state index in [1.165, 1.54) is 37.8 Å². The van der Waals surface area contributed by atoms with Gasteiger partial charge in [-0.15, -0.1) is 0 Å². The molecule has 2 nitrogen and oxygen atoms in total. The number of unbranched alkanes of at least 4 members (excludes halogenated alkanes) is 1. The van der Waals surface area contributed by atoms with Crippen LogP contribution in [0.1, 0.15) is 62.9 Å². The SMILES string of the molecule is CCCCc1nc(Cl)c(I)c(C2CCCC2)n1. The molecule has 94 valence electrons. The van der Waals surface area contributed by atoms with E-state index in [0.717, 1.165) is 22.2 Å². The maximum Gasteiger partial charge on any atom is 0.146 e. The Balaban J connectivity index is 2.25. The zero-order valence-corrected chi connectivity index (χ0v) is 13.1.